The van der Waals surface area contributed by atoms with Gasteiger partial charge in [-0.25, -0.2) is 0 Å². The fourth-order valence-corrected chi connectivity index (χ4v) is 2.53. The summed E-state index contributed by atoms with van der Waals surface area (Å²) >= 11 is 0. The van der Waals surface area contributed by atoms with Gasteiger partial charge < -0.3 is 9.84 Å². The quantitative estimate of drug-likeness (QED) is 0.707. The van der Waals surface area contributed by atoms with E-state index < -0.39 is 11.7 Å². The van der Waals surface area contributed by atoms with Crippen molar-refractivity contribution in [1.29, 1.82) is 0 Å². The molecule has 5 nitrogen and oxygen atoms in total. The van der Waals surface area contributed by atoms with Crippen molar-refractivity contribution in [3.8, 4) is 11.3 Å². The Hall–Kier alpha value is -3.16. The summed E-state index contributed by atoms with van der Waals surface area (Å²) in [4.78, 5) is 16.0. The second kappa shape index (κ2) is 8.03. The molecule has 0 atom stereocenters. The van der Waals surface area contributed by atoms with E-state index in [-0.39, 0.29) is 12.3 Å². The number of rotatable bonds is 6. The maximum atomic E-state index is 12.7. The smallest absolute Gasteiger partial charge is 0.356 e. The number of hydrogen-bond donors (Lipinski definition) is 1. The van der Waals surface area contributed by atoms with Crippen molar-refractivity contribution < 1.29 is 22.5 Å². The molecule has 3 rings (SSSR count). The number of amides is 1. The Morgan fingerprint density at radius 1 is 1.11 bits per heavy atom. The predicted molar refractivity (Wildman–Crippen MR) is 91.3 cm³/mol. The highest BCUT2D eigenvalue weighted by molar-refractivity contribution is 5.76. The zero-order valence-electron chi connectivity index (χ0n) is 14.2. The number of aryl methyl sites for hydroxylation is 1. The van der Waals surface area contributed by atoms with Crippen molar-refractivity contribution in [3.63, 3.8) is 0 Å². The molecular formula is C19H16F3N3O2. The molecule has 0 aliphatic rings. The van der Waals surface area contributed by atoms with E-state index >= 15 is 0 Å². The largest absolute Gasteiger partial charge is 0.416 e. The molecule has 27 heavy (non-hydrogen) atoms. The lowest BCUT2D eigenvalue weighted by Gasteiger charge is -2.07. The summed E-state index contributed by atoms with van der Waals surface area (Å²) in [6.45, 7) is 0.377. The van der Waals surface area contributed by atoms with Crippen LogP contribution < -0.4 is 5.32 Å². The second-order valence-electron chi connectivity index (χ2n) is 5.89. The Morgan fingerprint density at radius 3 is 2.56 bits per heavy atom. The number of nitrogens with one attached hydrogen (secondary N) is 1. The van der Waals surface area contributed by atoms with Gasteiger partial charge >= 0.3 is 6.18 Å². The first-order valence-electron chi connectivity index (χ1n) is 8.20. The minimum atomic E-state index is -4.39. The molecule has 1 aromatic carbocycles. The van der Waals surface area contributed by atoms with Crippen LogP contribution in [0.3, 0.4) is 0 Å². The monoisotopic (exact) mass is 375 g/mol. The van der Waals surface area contributed by atoms with Crippen LogP contribution in [-0.4, -0.2) is 16.0 Å². The molecular weight excluding hydrogens is 359 g/mol. The Labute approximate surface area is 153 Å². The SMILES string of the molecule is O=C(CCc1cnoc1-c1ccc(C(F)(F)F)cc1)NCc1cccnc1. The van der Waals surface area contributed by atoms with Crippen molar-refractivity contribution in [2.45, 2.75) is 25.6 Å². The van der Waals surface area contributed by atoms with Gasteiger partial charge in [-0.15, -0.1) is 0 Å². The predicted octanol–water partition coefficient (Wildman–Crippen LogP) is 4.00. The number of halogens is 3. The Balaban J connectivity index is 1.59. The van der Waals surface area contributed by atoms with Crippen molar-refractivity contribution in [3.05, 3.63) is 71.7 Å². The van der Waals surface area contributed by atoms with Gasteiger partial charge in [0.1, 0.15) is 0 Å². The molecule has 0 unspecified atom stereocenters. The number of nitrogens with zero attached hydrogens (tertiary/aromatic N) is 2. The third-order valence-electron chi connectivity index (χ3n) is 3.95. The van der Waals surface area contributed by atoms with Crippen molar-refractivity contribution >= 4 is 5.91 Å². The van der Waals surface area contributed by atoms with Gasteiger partial charge in [-0.2, -0.15) is 13.2 Å². The molecule has 0 bridgehead atoms. The number of carbonyl (C=O) groups excluding carboxylic acids is 1. The number of aromatic nitrogens is 2. The average Bonchev–Trinajstić information content (AvgIpc) is 3.13. The minimum Gasteiger partial charge on any atom is -0.356 e. The number of alkyl halides is 3. The van der Waals surface area contributed by atoms with Gasteiger partial charge in [0.2, 0.25) is 5.91 Å². The standard InChI is InChI=1S/C19H16F3N3O2/c20-19(21,22)16-6-3-14(4-7-16)18-15(12-25-27-18)5-8-17(26)24-11-13-2-1-9-23-10-13/h1-4,6-7,9-10,12H,5,8,11H2,(H,24,26). The molecule has 1 amide bonds. The summed E-state index contributed by atoms with van der Waals surface area (Å²) in [5.41, 5.74) is 1.29. The van der Waals surface area contributed by atoms with Gasteiger partial charge in [0.05, 0.1) is 11.8 Å². The van der Waals surface area contributed by atoms with Crippen molar-refractivity contribution in [2.24, 2.45) is 0 Å². The molecule has 8 heteroatoms. The van der Waals surface area contributed by atoms with Crippen LogP contribution in [0.2, 0.25) is 0 Å². The number of carbonyl (C=O) groups is 1. The second-order valence-corrected chi connectivity index (χ2v) is 5.89. The molecule has 0 spiro atoms. The van der Waals surface area contributed by atoms with Crippen LogP contribution >= 0.6 is 0 Å². The maximum absolute atomic E-state index is 12.7. The molecule has 0 fully saturated rings. The molecule has 2 heterocycles. The van der Waals surface area contributed by atoms with Crippen LogP contribution in [0, 0.1) is 0 Å². The summed E-state index contributed by atoms with van der Waals surface area (Å²) in [5.74, 6) is 0.210. The molecule has 2 aromatic heterocycles. The van der Waals surface area contributed by atoms with Gasteiger partial charge in [0, 0.05) is 36.5 Å². The zero-order chi connectivity index (χ0) is 19.3. The molecule has 0 aliphatic heterocycles. The Bertz CT molecular complexity index is 891. The van der Waals surface area contributed by atoms with E-state index in [0.717, 1.165) is 17.7 Å². The first-order chi connectivity index (χ1) is 12.9. The summed E-state index contributed by atoms with van der Waals surface area (Å²) in [5, 5.41) is 6.49. The van der Waals surface area contributed by atoms with E-state index in [1.165, 1.54) is 18.3 Å². The molecule has 0 saturated heterocycles. The maximum Gasteiger partial charge on any atom is 0.416 e. The summed E-state index contributed by atoms with van der Waals surface area (Å²) in [7, 11) is 0. The average molecular weight is 375 g/mol. The van der Waals surface area contributed by atoms with Crippen LogP contribution in [0.15, 0.2) is 59.5 Å². The molecule has 1 N–H and O–H groups in total. The van der Waals surface area contributed by atoms with Gasteiger partial charge in [0.25, 0.3) is 0 Å². The number of benzene rings is 1. The van der Waals surface area contributed by atoms with E-state index in [1.54, 1.807) is 18.5 Å². The highest BCUT2D eigenvalue weighted by Gasteiger charge is 2.30. The lowest BCUT2D eigenvalue weighted by atomic mass is 10.0. The molecule has 0 saturated carbocycles. The molecule has 0 radical (unpaired) electrons. The fourth-order valence-electron chi connectivity index (χ4n) is 2.53. The Morgan fingerprint density at radius 2 is 1.89 bits per heavy atom. The van der Waals surface area contributed by atoms with Crippen molar-refractivity contribution in [2.75, 3.05) is 0 Å². The first-order valence-corrected chi connectivity index (χ1v) is 8.20. The molecule has 140 valence electrons. The highest BCUT2D eigenvalue weighted by atomic mass is 19.4. The molecule has 3 aromatic rings. The molecule has 0 aliphatic carbocycles. The summed E-state index contributed by atoms with van der Waals surface area (Å²) in [6, 6.07) is 8.28. The lowest BCUT2D eigenvalue weighted by Crippen LogP contribution is -2.23. The van der Waals surface area contributed by atoms with Crippen LogP contribution in [0.4, 0.5) is 13.2 Å². The normalized spacial score (nSPS) is 11.4. The van der Waals surface area contributed by atoms with Crippen LogP contribution in [-0.2, 0) is 23.9 Å². The number of pyridine rings is 1. The third-order valence-corrected chi connectivity index (χ3v) is 3.95. The van der Waals surface area contributed by atoms with Gasteiger partial charge in [-0.3, -0.25) is 9.78 Å². The number of hydrogen-bond acceptors (Lipinski definition) is 4. The summed E-state index contributed by atoms with van der Waals surface area (Å²) < 4.78 is 43.2. The van der Waals surface area contributed by atoms with E-state index in [1.807, 2.05) is 6.07 Å². The van der Waals surface area contributed by atoms with E-state index in [2.05, 4.69) is 15.5 Å². The highest BCUT2D eigenvalue weighted by Crippen LogP contribution is 2.32. The minimum absolute atomic E-state index is 0.154. The van der Waals surface area contributed by atoms with Crippen LogP contribution in [0.25, 0.3) is 11.3 Å². The van der Waals surface area contributed by atoms with E-state index in [4.69, 9.17) is 4.52 Å². The topological polar surface area (TPSA) is 68.0 Å². The summed E-state index contributed by atoms with van der Waals surface area (Å²) in [6.07, 6.45) is 0.966. The van der Waals surface area contributed by atoms with Crippen molar-refractivity contribution in [1.82, 2.24) is 15.5 Å². The van der Waals surface area contributed by atoms with E-state index in [0.29, 0.717) is 29.9 Å². The van der Waals surface area contributed by atoms with Gasteiger partial charge in [0.15, 0.2) is 5.76 Å². The van der Waals surface area contributed by atoms with Gasteiger partial charge in [-0.1, -0.05) is 23.4 Å². The lowest BCUT2D eigenvalue weighted by molar-refractivity contribution is -0.137. The Kier molecular flexibility index (Phi) is 5.54. The van der Waals surface area contributed by atoms with Crippen LogP contribution in [0.1, 0.15) is 23.1 Å². The third kappa shape index (κ3) is 4.93. The van der Waals surface area contributed by atoms with Crippen LogP contribution in [0.5, 0.6) is 0 Å². The zero-order valence-corrected chi connectivity index (χ0v) is 14.2. The van der Waals surface area contributed by atoms with Gasteiger partial charge in [-0.05, 0) is 30.2 Å². The van der Waals surface area contributed by atoms with E-state index in [9.17, 15) is 18.0 Å². The fraction of sp³-hybridized carbons (Fsp3) is 0.211. The first kappa shape index (κ1) is 18.6.